The molecule has 0 atom stereocenters. The van der Waals surface area contributed by atoms with Crippen molar-refractivity contribution in [3.05, 3.63) is 29.4 Å². The first-order chi connectivity index (χ1) is 11.9. The first-order valence-electron chi connectivity index (χ1n) is 8.38. The highest BCUT2D eigenvalue weighted by atomic mass is 35.5. The summed E-state index contributed by atoms with van der Waals surface area (Å²) in [5.74, 6) is 0.639. The Labute approximate surface area is 152 Å². The van der Waals surface area contributed by atoms with Crippen molar-refractivity contribution in [3.63, 3.8) is 0 Å². The van der Waals surface area contributed by atoms with E-state index >= 15 is 0 Å². The fourth-order valence-corrected chi connectivity index (χ4v) is 3.36. The number of anilines is 1. The zero-order valence-corrected chi connectivity index (χ0v) is 15.5. The summed E-state index contributed by atoms with van der Waals surface area (Å²) in [6.07, 6.45) is 3.76. The highest BCUT2D eigenvalue weighted by molar-refractivity contribution is 6.33. The zero-order chi connectivity index (χ0) is 18.0. The van der Waals surface area contributed by atoms with Crippen LogP contribution in [0.4, 0.5) is 5.69 Å². The third-order valence-corrected chi connectivity index (χ3v) is 4.68. The minimum absolute atomic E-state index is 0.119. The van der Waals surface area contributed by atoms with E-state index < -0.39 is 0 Å². The molecule has 25 heavy (non-hydrogen) atoms. The highest BCUT2D eigenvalue weighted by Crippen LogP contribution is 2.37. The molecule has 1 aromatic carbocycles. The van der Waals surface area contributed by atoms with Crippen LogP contribution >= 0.6 is 11.6 Å². The van der Waals surface area contributed by atoms with Gasteiger partial charge in [0.1, 0.15) is 11.9 Å². The molecule has 1 amide bonds. The van der Waals surface area contributed by atoms with Crippen molar-refractivity contribution in [1.29, 1.82) is 0 Å². The van der Waals surface area contributed by atoms with E-state index in [-0.39, 0.29) is 12.0 Å². The number of halogens is 1. The van der Waals surface area contributed by atoms with E-state index in [4.69, 9.17) is 16.3 Å². The summed E-state index contributed by atoms with van der Waals surface area (Å²) < 4.78 is 8.01. The van der Waals surface area contributed by atoms with Crippen molar-refractivity contribution in [1.82, 2.24) is 14.7 Å². The lowest BCUT2D eigenvalue weighted by atomic mass is 10.1. The average molecular weight is 363 g/mol. The van der Waals surface area contributed by atoms with E-state index in [1.54, 1.807) is 10.9 Å². The lowest BCUT2D eigenvalue weighted by Gasteiger charge is -2.30. The van der Waals surface area contributed by atoms with Crippen molar-refractivity contribution >= 4 is 23.2 Å². The molecule has 0 spiro atoms. The SMILES string of the molecule is CC(=O)Nc1ccc(OC2CCN(C)CC2)c(-c2c(Cl)cnn2C)c1. The number of hydrogen-bond acceptors (Lipinski definition) is 4. The number of hydrogen-bond donors (Lipinski definition) is 1. The molecule has 1 N–H and O–H groups in total. The molecule has 0 unspecified atom stereocenters. The predicted molar refractivity (Wildman–Crippen MR) is 99.1 cm³/mol. The van der Waals surface area contributed by atoms with Crippen LogP contribution < -0.4 is 10.1 Å². The maximum absolute atomic E-state index is 11.4. The fourth-order valence-electron chi connectivity index (χ4n) is 3.09. The number of likely N-dealkylation sites (tertiary alicyclic amines) is 1. The van der Waals surface area contributed by atoms with Gasteiger partial charge in [-0.15, -0.1) is 0 Å². The molecule has 2 aromatic rings. The Balaban J connectivity index is 1.95. The van der Waals surface area contributed by atoms with Crippen molar-refractivity contribution in [2.24, 2.45) is 7.05 Å². The molecule has 0 radical (unpaired) electrons. The van der Waals surface area contributed by atoms with Crippen LogP contribution in [0, 0.1) is 0 Å². The second kappa shape index (κ2) is 7.45. The third kappa shape index (κ3) is 4.14. The van der Waals surface area contributed by atoms with Crippen LogP contribution in [0.5, 0.6) is 5.75 Å². The molecule has 1 aromatic heterocycles. The Kier molecular flexibility index (Phi) is 5.30. The van der Waals surface area contributed by atoms with Crippen LogP contribution in [0.15, 0.2) is 24.4 Å². The van der Waals surface area contributed by atoms with Crippen LogP contribution in [0.25, 0.3) is 11.3 Å². The van der Waals surface area contributed by atoms with E-state index in [0.29, 0.717) is 10.7 Å². The lowest BCUT2D eigenvalue weighted by molar-refractivity contribution is -0.114. The Morgan fingerprint density at radius 3 is 2.64 bits per heavy atom. The first kappa shape index (κ1) is 17.8. The third-order valence-electron chi connectivity index (χ3n) is 4.41. The van der Waals surface area contributed by atoms with Crippen molar-refractivity contribution in [2.45, 2.75) is 25.9 Å². The molecule has 0 aliphatic carbocycles. The second-order valence-corrected chi connectivity index (χ2v) is 6.88. The molecule has 1 saturated heterocycles. The molecule has 1 aliphatic rings. The van der Waals surface area contributed by atoms with Crippen molar-refractivity contribution in [3.8, 4) is 17.0 Å². The van der Waals surface area contributed by atoms with Crippen LogP contribution in [-0.2, 0) is 11.8 Å². The van der Waals surface area contributed by atoms with Gasteiger partial charge in [-0.05, 0) is 38.1 Å². The standard InChI is InChI=1S/C18H23ClN4O2/c1-12(24)21-13-4-5-17(25-14-6-8-22(2)9-7-14)15(10-13)18-16(19)11-20-23(18)3/h4-5,10-11,14H,6-9H2,1-3H3,(H,21,24). The van der Waals surface area contributed by atoms with Gasteiger partial charge in [0.05, 0.1) is 16.9 Å². The average Bonchev–Trinajstić information content (AvgIpc) is 2.89. The topological polar surface area (TPSA) is 59.4 Å². The summed E-state index contributed by atoms with van der Waals surface area (Å²) >= 11 is 6.34. The van der Waals surface area contributed by atoms with Crippen LogP contribution in [0.3, 0.4) is 0 Å². The van der Waals surface area contributed by atoms with Gasteiger partial charge >= 0.3 is 0 Å². The van der Waals surface area contributed by atoms with E-state index in [0.717, 1.165) is 42.9 Å². The zero-order valence-electron chi connectivity index (χ0n) is 14.8. The Bertz CT molecular complexity index is 747. The van der Waals surface area contributed by atoms with Gasteiger partial charge in [0.25, 0.3) is 0 Å². The number of carbonyl (C=O) groups is 1. The summed E-state index contributed by atoms with van der Waals surface area (Å²) in [4.78, 5) is 13.7. The fraction of sp³-hybridized carbons (Fsp3) is 0.444. The molecule has 1 aliphatic heterocycles. The highest BCUT2D eigenvalue weighted by Gasteiger charge is 2.21. The molecular weight excluding hydrogens is 340 g/mol. The van der Waals surface area contributed by atoms with Crippen LogP contribution in [-0.4, -0.2) is 46.8 Å². The molecule has 2 heterocycles. The number of rotatable bonds is 4. The summed E-state index contributed by atoms with van der Waals surface area (Å²) in [6, 6.07) is 5.62. The van der Waals surface area contributed by atoms with Crippen molar-refractivity contribution < 1.29 is 9.53 Å². The van der Waals surface area contributed by atoms with E-state index in [1.165, 1.54) is 6.92 Å². The van der Waals surface area contributed by atoms with Crippen LogP contribution in [0.1, 0.15) is 19.8 Å². The number of aryl methyl sites for hydroxylation is 1. The molecule has 1 fully saturated rings. The molecule has 0 bridgehead atoms. The number of amides is 1. The normalized spacial score (nSPS) is 16.0. The number of nitrogens with one attached hydrogen (secondary N) is 1. The van der Waals surface area contributed by atoms with Gasteiger partial charge in [0, 0.05) is 38.3 Å². The van der Waals surface area contributed by atoms with Crippen LogP contribution in [0.2, 0.25) is 5.02 Å². The number of aromatic nitrogens is 2. The van der Waals surface area contributed by atoms with Gasteiger partial charge in [-0.2, -0.15) is 5.10 Å². The molecule has 3 rings (SSSR count). The largest absolute Gasteiger partial charge is 0.490 e. The summed E-state index contributed by atoms with van der Waals surface area (Å²) in [6.45, 7) is 3.53. The van der Waals surface area contributed by atoms with Crippen molar-refractivity contribution in [2.75, 3.05) is 25.5 Å². The van der Waals surface area contributed by atoms with E-state index in [2.05, 4.69) is 22.4 Å². The number of ether oxygens (including phenoxy) is 1. The quantitative estimate of drug-likeness (QED) is 0.907. The monoisotopic (exact) mass is 362 g/mol. The van der Waals surface area contributed by atoms with Gasteiger partial charge in [0.2, 0.25) is 5.91 Å². The van der Waals surface area contributed by atoms with Gasteiger partial charge in [-0.25, -0.2) is 0 Å². The Morgan fingerprint density at radius 2 is 2.04 bits per heavy atom. The van der Waals surface area contributed by atoms with E-state index in [1.807, 2.05) is 25.2 Å². The number of nitrogens with zero attached hydrogens (tertiary/aromatic N) is 3. The number of benzene rings is 1. The van der Waals surface area contributed by atoms with Gasteiger partial charge < -0.3 is 15.0 Å². The first-order valence-corrected chi connectivity index (χ1v) is 8.76. The lowest BCUT2D eigenvalue weighted by Crippen LogP contribution is -2.35. The summed E-state index contributed by atoms with van der Waals surface area (Å²) in [5, 5.41) is 7.58. The number of carbonyl (C=O) groups excluding carboxylic acids is 1. The minimum atomic E-state index is -0.119. The molecular formula is C18H23ClN4O2. The second-order valence-electron chi connectivity index (χ2n) is 6.48. The Morgan fingerprint density at radius 1 is 1.32 bits per heavy atom. The van der Waals surface area contributed by atoms with E-state index in [9.17, 15) is 4.79 Å². The van der Waals surface area contributed by atoms with Gasteiger partial charge in [0.15, 0.2) is 0 Å². The summed E-state index contributed by atoms with van der Waals surface area (Å²) in [7, 11) is 3.96. The minimum Gasteiger partial charge on any atom is -0.490 e. The predicted octanol–water partition coefficient (Wildman–Crippen LogP) is 3.17. The number of piperidine rings is 1. The molecule has 134 valence electrons. The molecule has 7 heteroatoms. The molecule has 0 saturated carbocycles. The smallest absolute Gasteiger partial charge is 0.221 e. The maximum Gasteiger partial charge on any atom is 0.221 e. The van der Waals surface area contributed by atoms with Gasteiger partial charge in [-0.1, -0.05) is 11.6 Å². The molecule has 6 nitrogen and oxygen atoms in total. The Hall–Kier alpha value is -2.05. The summed E-state index contributed by atoms with van der Waals surface area (Å²) in [5.41, 5.74) is 2.31. The van der Waals surface area contributed by atoms with Gasteiger partial charge in [-0.3, -0.25) is 9.48 Å². The maximum atomic E-state index is 11.4.